The van der Waals surface area contributed by atoms with Crippen molar-refractivity contribution in [3.05, 3.63) is 0 Å². The summed E-state index contributed by atoms with van der Waals surface area (Å²) in [6, 6.07) is -0.679. The third kappa shape index (κ3) is 2.61. The van der Waals surface area contributed by atoms with Gasteiger partial charge in [0, 0.05) is 6.54 Å². The largest absolute Gasteiger partial charge is 0.452 e. The normalized spacial score (nSPS) is 21.7. The van der Waals surface area contributed by atoms with Gasteiger partial charge in [0.25, 0.3) is 0 Å². The van der Waals surface area contributed by atoms with Gasteiger partial charge in [0.1, 0.15) is 5.84 Å². The third-order valence-corrected chi connectivity index (χ3v) is 3.75. The minimum absolute atomic E-state index is 0.229. The SMILES string of the molecule is COC(=O)NS(=O)(=O)N1CCCC1C(=N)N. The lowest BCUT2D eigenvalue weighted by atomic mass is 10.2. The first-order valence-corrected chi connectivity index (χ1v) is 6.04. The molecule has 1 aliphatic heterocycles. The van der Waals surface area contributed by atoms with Gasteiger partial charge in [-0.25, -0.2) is 9.52 Å². The Labute approximate surface area is 93.4 Å². The van der Waals surface area contributed by atoms with Gasteiger partial charge < -0.3 is 10.5 Å². The Bertz CT molecular complexity index is 393. The summed E-state index contributed by atoms with van der Waals surface area (Å²) in [5, 5.41) is 7.26. The van der Waals surface area contributed by atoms with Crippen molar-refractivity contribution in [2.75, 3.05) is 13.7 Å². The number of amides is 1. The molecule has 0 saturated carbocycles. The number of hydrogen-bond donors (Lipinski definition) is 3. The van der Waals surface area contributed by atoms with Gasteiger partial charge in [-0.1, -0.05) is 0 Å². The summed E-state index contributed by atoms with van der Waals surface area (Å²) in [7, 11) is -2.91. The van der Waals surface area contributed by atoms with Crippen LogP contribution in [0.4, 0.5) is 4.79 Å². The van der Waals surface area contributed by atoms with Crippen molar-refractivity contribution in [2.45, 2.75) is 18.9 Å². The number of amidine groups is 1. The maximum Gasteiger partial charge on any atom is 0.421 e. The van der Waals surface area contributed by atoms with E-state index in [1.165, 1.54) is 0 Å². The van der Waals surface area contributed by atoms with Gasteiger partial charge in [0.2, 0.25) is 0 Å². The molecule has 0 bridgehead atoms. The average molecular weight is 250 g/mol. The lowest BCUT2D eigenvalue weighted by molar-refractivity contribution is 0.177. The molecule has 1 aliphatic rings. The average Bonchev–Trinajstić information content (AvgIpc) is 2.65. The zero-order valence-corrected chi connectivity index (χ0v) is 9.58. The molecular weight excluding hydrogens is 236 g/mol. The highest BCUT2D eigenvalue weighted by Gasteiger charge is 2.37. The van der Waals surface area contributed by atoms with Crippen molar-refractivity contribution < 1.29 is 17.9 Å². The molecule has 1 fully saturated rings. The highest BCUT2D eigenvalue weighted by Crippen LogP contribution is 2.19. The highest BCUT2D eigenvalue weighted by atomic mass is 32.2. The predicted octanol–water partition coefficient (Wildman–Crippen LogP) is -1.01. The Kier molecular flexibility index (Phi) is 3.70. The van der Waals surface area contributed by atoms with Gasteiger partial charge in [-0.05, 0) is 12.8 Å². The minimum Gasteiger partial charge on any atom is -0.452 e. The van der Waals surface area contributed by atoms with E-state index in [1.54, 1.807) is 4.72 Å². The van der Waals surface area contributed by atoms with E-state index in [-0.39, 0.29) is 12.4 Å². The van der Waals surface area contributed by atoms with Crippen molar-refractivity contribution in [2.24, 2.45) is 5.73 Å². The van der Waals surface area contributed by atoms with Crippen LogP contribution in [0.1, 0.15) is 12.8 Å². The molecule has 8 nitrogen and oxygen atoms in total. The maximum absolute atomic E-state index is 11.7. The molecule has 9 heteroatoms. The van der Waals surface area contributed by atoms with Crippen LogP contribution in [-0.4, -0.2) is 44.3 Å². The smallest absolute Gasteiger partial charge is 0.421 e. The zero-order valence-electron chi connectivity index (χ0n) is 8.76. The molecule has 0 radical (unpaired) electrons. The molecule has 1 unspecified atom stereocenters. The Morgan fingerprint density at radius 1 is 1.62 bits per heavy atom. The number of carbonyl (C=O) groups is 1. The van der Waals surface area contributed by atoms with Gasteiger partial charge in [-0.15, -0.1) is 0 Å². The van der Waals surface area contributed by atoms with Gasteiger partial charge in [-0.3, -0.25) is 5.41 Å². The number of nitrogens with zero attached hydrogens (tertiary/aromatic N) is 1. The summed E-state index contributed by atoms with van der Waals surface area (Å²) < 4.78 is 30.3. The molecule has 1 rings (SSSR count). The van der Waals surface area contributed by atoms with Gasteiger partial charge in [-0.2, -0.15) is 12.7 Å². The molecule has 0 spiro atoms. The second-order valence-corrected chi connectivity index (χ2v) is 4.95. The second kappa shape index (κ2) is 4.66. The number of carbonyl (C=O) groups excluding carboxylic acids is 1. The van der Waals surface area contributed by atoms with Crippen molar-refractivity contribution in [1.29, 1.82) is 5.41 Å². The fraction of sp³-hybridized carbons (Fsp3) is 0.714. The van der Waals surface area contributed by atoms with Crippen molar-refractivity contribution >= 4 is 22.1 Å². The molecule has 4 N–H and O–H groups in total. The Morgan fingerprint density at radius 2 is 2.25 bits per heavy atom. The number of nitrogens with one attached hydrogen (secondary N) is 2. The fourth-order valence-corrected chi connectivity index (χ4v) is 2.88. The first kappa shape index (κ1) is 12.7. The van der Waals surface area contributed by atoms with E-state index >= 15 is 0 Å². The van der Waals surface area contributed by atoms with Crippen LogP contribution in [0.15, 0.2) is 0 Å². The van der Waals surface area contributed by atoms with Crippen LogP contribution in [0, 0.1) is 5.41 Å². The van der Waals surface area contributed by atoms with Crippen molar-refractivity contribution in [3.8, 4) is 0 Å². The van der Waals surface area contributed by atoms with Crippen LogP contribution in [0.25, 0.3) is 0 Å². The maximum atomic E-state index is 11.7. The molecule has 0 aromatic rings. The molecule has 1 heterocycles. The number of nitrogens with two attached hydrogens (primary N) is 1. The van der Waals surface area contributed by atoms with E-state index in [9.17, 15) is 13.2 Å². The number of rotatable bonds is 3. The quantitative estimate of drug-likeness (QED) is 0.437. The summed E-state index contributed by atoms with van der Waals surface area (Å²) in [6.07, 6.45) is 0.0261. The molecule has 0 aliphatic carbocycles. The van der Waals surface area contributed by atoms with Crippen LogP contribution in [-0.2, 0) is 14.9 Å². The monoisotopic (exact) mass is 250 g/mol. The molecule has 0 aromatic heterocycles. The summed E-state index contributed by atoms with van der Waals surface area (Å²) >= 11 is 0. The van der Waals surface area contributed by atoms with Crippen LogP contribution >= 0.6 is 0 Å². The van der Waals surface area contributed by atoms with Crippen molar-refractivity contribution in [3.63, 3.8) is 0 Å². The lowest BCUT2D eigenvalue weighted by Crippen LogP contribution is -2.49. The van der Waals surface area contributed by atoms with Crippen molar-refractivity contribution in [1.82, 2.24) is 9.03 Å². The first-order valence-electron chi connectivity index (χ1n) is 4.60. The van der Waals surface area contributed by atoms with Crippen LogP contribution < -0.4 is 10.5 Å². The van der Waals surface area contributed by atoms with E-state index < -0.39 is 22.3 Å². The fourth-order valence-electron chi connectivity index (χ4n) is 1.54. The van der Waals surface area contributed by atoms with Gasteiger partial charge in [0.15, 0.2) is 0 Å². The van der Waals surface area contributed by atoms with Gasteiger partial charge >= 0.3 is 16.3 Å². The topological polar surface area (TPSA) is 126 Å². The van der Waals surface area contributed by atoms with Gasteiger partial charge in [0.05, 0.1) is 13.2 Å². The standard InChI is InChI=1S/C7H14N4O4S/c1-15-7(12)10-16(13,14)11-4-2-3-5(11)6(8)9/h5H,2-4H2,1H3,(H3,8,9)(H,10,12). The van der Waals surface area contributed by atoms with Crippen LogP contribution in [0.3, 0.4) is 0 Å². The second-order valence-electron chi connectivity index (χ2n) is 3.32. The van der Waals surface area contributed by atoms with Crippen LogP contribution in [0.5, 0.6) is 0 Å². The number of ether oxygens (including phenoxy) is 1. The molecule has 16 heavy (non-hydrogen) atoms. The predicted molar refractivity (Wildman–Crippen MR) is 56.1 cm³/mol. The Balaban J connectivity index is 2.83. The molecule has 92 valence electrons. The molecule has 1 atom stereocenters. The molecule has 1 saturated heterocycles. The number of hydrogen-bond acceptors (Lipinski definition) is 5. The van der Waals surface area contributed by atoms with E-state index in [0.717, 1.165) is 11.4 Å². The molecule has 0 aromatic carbocycles. The minimum atomic E-state index is -3.98. The Morgan fingerprint density at radius 3 is 2.75 bits per heavy atom. The molecular formula is C7H14N4O4S. The third-order valence-electron chi connectivity index (χ3n) is 2.27. The summed E-state index contributed by atoms with van der Waals surface area (Å²) in [5.74, 6) is -0.229. The lowest BCUT2D eigenvalue weighted by Gasteiger charge is -2.22. The first-order chi connectivity index (χ1) is 7.38. The Hall–Kier alpha value is -1.35. The zero-order chi connectivity index (χ0) is 12.3. The highest BCUT2D eigenvalue weighted by molar-refractivity contribution is 7.87. The van der Waals surface area contributed by atoms with E-state index in [0.29, 0.717) is 12.8 Å². The van der Waals surface area contributed by atoms with E-state index in [1.807, 2.05) is 0 Å². The van der Waals surface area contributed by atoms with E-state index in [2.05, 4.69) is 4.74 Å². The van der Waals surface area contributed by atoms with Crippen LogP contribution in [0.2, 0.25) is 0 Å². The summed E-state index contributed by atoms with van der Waals surface area (Å²) in [6.45, 7) is 0.233. The van der Waals surface area contributed by atoms with E-state index in [4.69, 9.17) is 11.1 Å². The molecule has 1 amide bonds. The number of methoxy groups -OCH3 is 1. The summed E-state index contributed by atoms with van der Waals surface area (Å²) in [5.41, 5.74) is 5.28. The summed E-state index contributed by atoms with van der Waals surface area (Å²) in [4.78, 5) is 10.8.